The molecule has 2 rings (SSSR count). The van der Waals surface area contributed by atoms with E-state index in [1.165, 1.54) is 0 Å². The van der Waals surface area contributed by atoms with E-state index >= 15 is 0 Å². The highest BCUT2D eigenvalue weighted by molar-refractivity contribution is 5.03. The zero-order valence-corrected chi connectivity index (χ0v) is 5.49. The van der Waals surface area contributed by atoms with Crippen LogP contribution in [0.25, 0.3) is 0 Å². The molecule has 0 aromatic carbocycles. The zero-order chi connectivity index (χ0) is 7.19. The van der Waals surface area contributed by atoms with Crippen LogP contribution in [0.1, 0.15) is 0 Å². The molecule has 1 unspecified atom stereocenters. The minimum Gasteiger partial charge on any atom is -0.393 e. The predicted octanol–water partition coefficient (Wildman–Crippen LogP) is -1.49. The second kappa shape index (κ2) is 1.92. The van der Waals surface area contributed by atoms with Crippen LogP contribution in [0.3, 0.4) is 0 Å². The molecule has 0 spiro atoms. The van der Waals surface area contributed by atoms with Crippen molar-refractivity contribution in [1.82, 2.24) is 0 Å². The third kappa shape index (κ3) is 0.594. The quantitative estimate of drug-likeness (QED) is 0.473. The number of hydrogen-bond donors (Lipinski definition) is 2. The molecule has 2 aliphatic heterocycles. The van der Waals surface area contributed by atoms with Crippen LogP contribution in [0, 0.1) is 0 Å². The number of aliphatic hydroxyl groups is 2. The van der Waals surface area contributed by atoms with Gasteiger partial charge in [-0.2, -0.15) is 0 Å². The van der Waals surface area contributed by atoms with Crippen molar-refractivity contribution in [2.45, 2.75) is 17.8 Å². The van der Waals surface area contributed by atoms with Gasteiger partial charge in [-0.25, -0.2) is 0 Å². The maximum atomic E-state index is 9.37. The van der Waals surface area contributed by atoms with E-state index in [1.54, 1.807) is 0 Å². The molecule has 0 radical (unpaired) electrons. The standard InChI is InChI=1S/C6H10O4/c7-2-6-3-9-4(1-10-6)5(6)8/h4-5,7-8H,1-3H2/t4?,5-,6+/m1/s1. The van der Waals surface area contributed by atoms with Crippen LogP contribution < -0.4 is 0 Å². The van der Waals surface area contributed by atoms with Crippen molar-refractivity contribution in [3.05, 3.63) is 0 Å². The molecule has 0 saturated carbocycles. The number of hydrogen-bond acceptors (Lipinski definition) is 4. The summed E-state index contributed by atoms with van der Waals surface area (Å²) in [4.78, 5) is 0. The molecule has 10 heavy (non-hydrogen) atoms. The van der Waals surface area contributed by atoms with Gasteiger partial charge in [0.15, 0.2) is 0 Å². The van der Waals surface area contributed by atoms with E-state index < -0.39 is 11.7 Å². The Labute approximate surface area is 58.4 Å². The molecule has 2 bridgehead atoms. The van der Waals surface area contributed by atoms with Gasteiger partial charge < -0.3 is 19.7 Å². The highest BCUT2D eigenvalue weighted by atomic mass is 16.6. The summed E-state index contributed by atoms with van der Waals surface area (Å²) in [6, 6.07) is 0. The Morgan fingerprint density at radius 1 is 1.60 bits per heavy atom. The summed E-state index contributed by atoms with van der Waals surface area (Å²) < 4.78 is 10.3. The Balaban J connectivity index is 2.22. The lowest BCUT2D eigenvalue weighted by Crippen LogP contribution is -2.43. The Morgan fingerprint density at radius 2 is 2.40 bits per heavy atom. The van der Waals surface area contributed by atoms with Crippen LogP contribution in [-0.2, 0) is 9.47 Å². The monoisotopic (exact) mass is 146 g/mol. The normalized spacial score (nSPS) is 52.2. The van der Waals surface area contributed by atoms with Gasteiger partial charge in [-0.15, -0.1) is 0 Å². The van der Waals surface area contributed by atoms with Crippen LogP contribution >= 0.6 is 0 Å². The second-order valence-corrected chi connectivity index (χ2v) is 2.83. The third-order valence-electron chi connectivity index (χ3n) is 2.24. The first kappa shape index (κ1) is 6.54. The average molecular weight is 146 g/mol. The van der Waals surface area contributed by atoms with Gasteiger partial charge in [0.25, 0.3) is 0 Å². The first-order valence-corrected chi connectivity index (χ1v) is 3.33. The van der Waals surface area contributed by atoms with Crippen molar-refractivity contribution >= 4 is 0 Å². The van der Waals surface area contributed by atoms with E-state index in [0.717, 1.165) is 0 Å². The highest BCUT2D eigenvalue weighted by Crippen LogP contribution is 2.34. The van der Waals surface area contributed by atoms with Crippen LogP contribution in [0.4, 0.5) is 0 Å². The number of fused-ring (bicyclic) bond motifs is 2. The predicted molar refractivity (Wildman–Crippen MR) is 31.5 cm³/mol. The third-order valence-corrected chi connectivity index (χ3v) is 2.24. The summed E-state index contributed by atoms with van der Waals surface area (Å²) in [6.07, 6.45) is -0.857. The van der Waals surface area contributed by atoms with E-state index in [0.29, 0.717) is 13.2 Å². The van der Waals surface area contributed by atoms with Crippen molar-refractivity contribution in [2.24, 2.45) is 0 Å². The number of aliphatic hydroxyl groups excluding tert-OH is 2. The van der Waals surface area contributed by atoms with E-state index in [-0.39, 0.29) is 12.7 Å². The lowest BCUT2D eigenvalue weighted by molar-refractivity contribution is -0.122. The van der Waals surface area contributed by atoms with Crippen molar-refractivity contribution < 1.29 is 19.7 Å². The first-order chi connectivity index (χ1) is 4.78. The van der Waals surface area contributed by atoms with Gasteiger partial charge in [0.1, 0.15) is 17.8 Å². The van der Waals surface area contributed by atoms with Crippen LogP contribution in [0.5, 0.6) is 0 Å². The summed E-state index contributed by atoms with van der Waals surface area (Å²) in [6.45, 7) is 0.557. The molecule has 0 aromatic rings. The molecule has 0 aromatic heterocycles. The fourth-order valence-corrected chi connectivity index (χ4v) is 1.46. The topological polar surface area (TPSA) is 58.9 Å². The molecular weight excluding hydrogens is 136 g/mol. The first-order valence-electron chi connectivity index (χ1n) is 3.33. The van der Waals surface area contributed by atoms with Gasteiger partial charge in [-0.3, -0.25) is 0 Å². The van der Waals surface area contributed by atoms with Gasteiger partial charge in [0.2, 0.25) is 0 Å². The number of ether oxygens (including phenoxy) is 2. The minimum absolute atomic E-state index is 0.162. The van der Waals surface area contributed by atoms with Gasteiger partial charge in [0, 0.05) is 0 Å². The van der Waals surface area contributed by atoms with Gasteiger partial charge in [-0.05, 0) is 0 Å². The smallest absolute Gasteiger partial charge is 0.143 e. The largest absolute Gasteiger partial charge is 0.393 e. The molecule has 2 saturated heterocycles. The van der Waals surface area contributed by atoms with Crippen molar-refractivity contribution in [3.63, 3.8) is 0 Å². The van der Waals surface area contributed by atoms with Gasteiger partial charge in [-0.1, -0.05) is 0 Å². The Bertz CT molecular complexity index is 139. The summed E-state index contributed by atoms with van der Waals surface area (Å²) in [5.74, 6) is 0. The van der Waals surface area contributed by atoms with Crippen LogP contribution in [-0.4, -0.2) is 47.8 Å². The molecular formula is C6H10O4. The van der Waals surface area contributed by atoms with Crippen molar-refractivity contribution in [3.8, 4) is 0 Å². The van der Waals surface area contributed by atoms with E-state index in [2.05, 4.69) is 0 Å². The Morgan fingerprint density at radius 3 is 2.60 bits per heavy atom. The summed E-state index contributed by atoms with van der Waals surface area (Å²) >= 11 is 0. The fourth-order valence-electron chi connectivity index (χ4n) is 1.46. The van der Waals surface area contributed by atoms with Crippen molar-refractivity contribution in [1.29, 1.82) is 0 Å². The molecule has 2 heterocycles. The molecule has 2 fully saturated rings. The van der Waals surface area contributed by atoms with Gasteiger partial charge >= 0.3 is 0 Å². The fraction of sp³-hybridized carbons (Fsp3) is 1.00. The summed E-state index contributed by atoms with van der Waals surface area (Å²) in [5, 5.41) is 18.2. The molecule has 3 atom stereocenters. The lowest BCUT2D eigenvalue weighted by atomic mass is 10.0. The van der Waals surface area contributed by atoms with Gasteiger partial charge in [0.05, 0.1) is 19.8 Å². The maximum absolute atomic E-state index is 9.37. The molecule has 4 heteroatoms. The minimum atomic E-state index is -0.801. The van der Waals surface area contributed by atoms with Crippen LogP contribution in [0.15, 0.2) is 0 Å². The Kier molecular flexibility index (Phi) is 1.25. The lowest BCUT2D eigenvalue weighted by Gasteiger charge is -2.23. The molecule has 4 nitrogen and oxygen atoms in total. The summed E-state index contributed by atoms with van der Waals surface area (Å²) in [5.41, 5.74) is -0.801. The van der Waals surface area contributed by atoms with E-state index in [1.807, 2.05) is 0 Å². The molecule has 2 aliphatic rings. The maximum Gasteiger partial charge on any atom is 0.143 e. The Hall–Kier alpha value is -0.160. The van der Waals surface area contributed by atoms with E-state index in [4.69, 9.17) is 14.6 Å². The highest BCUT2D eigenvalue weighted by Gasteiger charge is 2.55. The second-order valence-electron chi connectivity index (χ2n) is 2.83. The molecule has 0 amide bonds. The SMILES string of the molecule is OC[C@@]12COC(CO1)[C@H]2O. The average Bonchev–Trinajstić information content (AvgIpc) is 2.46. The zero-order valence-electron chi connectivity index (χ0n) is 5.49. The molecule has 2 N–H and O–H groups in total. The summed E-state index contributed by atoms with van der Waals surface area (Å²) in [7, 11) is 0. The molecule has 0 aliphatic carbocycles. The van der Waals surface area contributed by atoms with Crippen molar-refractivity contribution in [2.75, 3.05) is 19.8 Å². The molecule has 58 valence electrons. The number of rotatable bonds is 1. The van der Waals surface area contributed by atoms with E-state index in [9.17, 15) is 5.11 Å². The van der Waals surface area contributed by atoms with Crippen LogP contribution in [0.2, 0.25) is 0 Å².